The Kier molecular flexibility index (Phi) is 5.24. The number of rotatable bonds is 4. The first-order valence-electron chi connectivity index (χ1n) is 9.12. The van der Waals surface area contributed by atoms with Gasteiger partial charge in [-0.15, -0.1) is 0 Å². The Morgan fingerprint density at radius 3 is 2.53 bits per heavy atom. The van der Waals surface area contributed by atoms with E-state index in [1.165, 1.54) is 17.8 Å². The highest BCUT2D eigenvalue weighted by Crippen LogP contribution is 2.34. The van der Waals surface area contributed by atoms with E-state index >= 15 is 0 Å². The number of hydrogen-bond acceptors (Lipinski definition) is 6. The summed E-state index contributed by atoms with van der Waals surface area (Å²) in [7, 11) is 0. The Morgan fingerprint density at radius 2 is 1.80 bits per heavy atom. The molecule has 0 unspecified atom stereocenters. The minimum atomic E-state index is -0.452. The number of aryl methyl sites for hydroxylation is 2. The fourth-order valence-electron chi connectivity index (χ4n) is 3.11. The van der Waals surface area contributed by atoms with E-state index in [1.54, 1.807) is 36.4 Å². The molecule has 1 amide bonds. The average molecular weight is 419 g/mol. The smallest absolute Gasteiger partial charge is 0.280 e. The predicted molar refractivity (Wildman–Crippen MR) is 118 cm³/mol. The van der Waals surface area contributed by atoms with Crippen LogP contribution in [0.4, 0.5) is 11.4 Å². The number of nitrogens with one attached hydrogen (secondary N) is 1. The fourth-order valence-corrected chi connectivity index (χ4v) is 3.92. The molecule has 1 aliphatic rings. The quantitative estimate of drug-likeness (QED) is 0.349. The molecule has 8 heteroatoms. The molecule has 1 aliphatic heterocycles. The minimum absolute atomic E-state index is 0.0398. The van der Waals surface area contributed by atoms with E-state index in [2.05, 4.69) is 10.3 Å². The lowest BCUT2D eigenvalue weighted by molar-refractivity contribution is -0.384. The van der Waals surface area contributed by atoms with Crippen molar-refractivity contribution in [3.8, 4) is 11.3 Å². The van der Waals surface area contributed by atoms with E-state index in [9.17, 15) is 14.9 Å². The van der Waals surface area contributed by atoms with Gasteiger partial charge in [-0.05, 0) is 54.9 Å². The number of nitro benzene ring substituents is 1. The van der Waals surface area contributed by atoms with Crippen LogP contribution in [0, 0.1) is 24.0 Å². The van der Waals surface area contributed by atoms with E-state index in [-0.39, 0.29) is 11.6 Å². The van der Waals surface area contributed by atoms with Crippen molar-refractivity contribution in [1.82, 2.24) is 5.32 Å². The third-order valence-electron chi connectivity index (χ3n) is 4.57. The second-order valence-electron chi connectivity index (χ2n) is 6.70. The number of benzene rings is 2. The number of aliphatic imine (C=N–C) groups is 1. The molecule has 0 spiro atoms. The van der Waals surface area contributed by atoms with E-state index in [0.717, 1.165) is 16.8 Å². The van der Waals surface area contributed by atoms with Crippen LogP contribution >= 0.6 is 11.8 Å². The second-order valence-corrected chi connectivity index (χ2v) is 7.73. The zero-order chi connectivity index (χ0) is 21.3. The highest BCUT2D eigenvalue weighted by molar-refractivity contribution is 8.18. The maximum absolute atomic E-state index is 12.4. The molecule has 3 aromatic rings. The number of hydrogen-bond donors (Lipinski definition) is 1. The van der Waals surface area contributed by atoms with Crippen molar-refractivity contribution >= 4 is 40.3 Å². The van der Waals surface area contributed by atoms with Crippen LogP contribution in [0.2, 0.25) is 0 Å². The summed E-state index contributed by atoms with van der Waals surface area (Å²) in [5.74, 6) is 0.518. The van der Waals surface area contributed by atoms with Crippen LogP contribution in [0.25, 0.3) is 17.4 Å². The summed E-state index contributed by atoms with van der Waals surface area (Å²) in [6.07, 6.45) is 1.60. The number of furan rings is 1. The van der Waals surface area contributed by atoms with E-state index in [0.29, 0.717) is 27.2 Å². The third-order valence-corrected chi connectivity index (χ3v) is 5.48. The largest absolute Gasteiger partial charge is 0.456 e. The predicted octanol–water partition coefficient (Wildman–Crippen LogP) is 5.36. The molecule has 7 nitrogen and oxygen atoms in total. The lowest BCUT2D eigenvalue weighted by Crippen LogP contribution is -2.19. The summed E-state index contributed by atoms with van der Waals surface area (Å²) in [5, 5.41) is 14.5. The van der Waals surface area contributed by atoms with Crippen LogP contribution in [0.15, 0.2) is 68.9 Å². The van der Waals surface area contributed by atoms with Crippen molar-refractivity contribution in [2.24, 2.45) is 4.99 Å². The lowest BCUT2D eigenvalue weighted by Gasteiger charge is -2.04. The van der Waals surface area contributed by atoms with Crippen LogP contribution in [0.5, 0.6) is 0 Å². The van der Waals surface area contributed by atoms with E-state index in [1.807, 2.05) is 32.0 Å². The highest BCUT2D eigenvalue weighted by Gasteiger charge is 2.25. The van der Waals surface area contributed by atoms with Crippen LogP contribution in [0.1, 0.15) is 16.9 Å². The molecule has 0 bridgehead atoms. The van der Waals surface area contributed by atoms with Crippen molar-refractivity contribution in [2.75, 3.05) is 0 Å². The molecule has 150 valence electrons. The molecule has 1 fully saturated rings. The van der Waals surface area contributed by atoms with E-state index < -0.39 is 4.92 Å². The number of para-hydroxylation sites is 2. The number of thioether (sulfide) groups is 1. The van der Waals surface area contributed by atoms with Crippen LogP contribution in [-0.4, -0.2) is 16.0 Å². The molecule has 1 aromatic heterocycles. The fraction of sp³-hybridized carbons (Fsp3) is 0.0909. The Balaban J connectivity index is 1.61. The molecule has 0 atom stereocenters. The van der Waals surface area contributed by atoms with Crippen LogP contribution < -0.4 is 5.32 Å². The average Bonchev–Trinajstić information content (AvgIpc) is 3.32. The van der Waals surface area contributed by atoms with Gasteiger partial charge >= 0.3 is 0 Å². The van der Waals surface area contributed by atoms with Gasteiger partial charge in [-0.1, -0.05) is 30.3 Å². The van der Waals surface area contributed by atoms with Gasteiger partial charge in [0.1, 0.15) is 11.5 Å². The number of nitrogens with zero attached hydrogens (tertiary/aromatic N) is 2. The standard InChI is InChI=1S/C22H17N3O4S/c1-13-6-5-7-14(2)20(13)23-22-24-21(26)19(30-22)12-15-10-11-18(29-15)16-8-3-4-9-17(16)25(27)28/h3-12H,1-2H3,(H,23,24,26)/b19-12+. The van der Waals surface area contributed by atoms with Gasteiger partial charge in [-0.2, -0.15) is 0 Å². The van der Waals surface area contributed by atoms with Gasteiger partial charge in [0, 0.05) is 12.1 Å². The summed E-state index contributed by atoms with van der Waals surface area (Å²) in [6.45, 7) is 3.94. The first-order valence-corrected chi connectivity index (χ1v) is 9.93. The molecule has 0 aliphatic carbocycles. The number of carbonyl (C=O) groups excluding carboxylic acids is 1. The molecule has 1 N–H and O–H groups in total. The summed E-state index contributed by atoms with van der Waals surface area (Å²) in [6, 6.07) is 15.6. The third kappa shape index (κ3) is 3.90. The van der Waals surface area contributed by atoms with Crippen LogP contribution in [0.3, 0.4) is 0 Å². The van der Waals surface area contributed by atoms with E-state index in [4.69, 9.17) is 4.42 Å². The summed E-state index contributed by atoms with van der Waals surface area (Å²) in [4.78, 5) is 28.2. The van der Waals surface area contributed by atoms with Gasteiger partial charge in [-0.3, -0.25) is 14.9 Å². The number of nitro groups is 1. The molecule has 30 heavy (non-hydrogen) atoms. The summed E-state index contributed by atoms with van der Waals surface area (Å²) < 4.78 is 5.75. The number of carbonyl (C=O) groups is 1. The van der Waals surface area contributed by atoms with Gasteiger partial charge in [0.2, 0.25) is 0 Å². The SMILES string of the molecule is Cc1cccc(C)c1N=C1NC(=O)/C(=C\c2ccc(-c3ccccc3[N+](=O)[O-])o2)S1. The summed E-state index contributed by atoms with van der Waals surface area (Å²) in [5.41, 5.74) is 3.22. The monoisotopic (exact) mass is 419 g/mol. The number of amides is 1. The Labute approximate surface area is 176 Å². The molecule has 0 saturated carbocycles. The first-order chi connectivity index (χ1) is 14.4. The Hall–Kier alpha value is -3.65. The van der Waals surface area contributed by atoms with Crippen molar-refractivity contribution in [2.45, 2.75) is 13.8 Å². The highest BCUT2D eigenvalue weighted by atomic mass is 32.2. The van der Waals surface area contributed by atoms with Crippen molar-refractivity contribution in [1.29, 1.82) is 0 Å². The maximum atomic E-state index is 12.4. The second kappa shape index (κ2) is 8.00. The minimum Gasteiger partial charge on any atom is -0.456 e. The maximum Gasteiger partial charge on any atom is 0.280 e. The normalized spacial score (nSPS) is 16.3. The first kappa shape index (κ1) is 19.7. The van der Waals surface area contributed by atoms with Crippen molar-refractivity contribution < 1.29 is 14.1 Å². The summed E-state index contributed by atoms with van der Waals surface area (Å²) >= 11 is 1.22. The molecular formula is C22H17N3O4S. The Morgan fingerprint density at radius 1 is 1.07 bits per heavy atom. The van der Waals surface area contributed by atoms with Crippen LogP contribution in [-0.2, 0) is 4.79 Å². The molecule has 2 aromatic carbocycles. The van der Waals surface area contributed by atoms with Gasteiger partial charge in [0.25, 0.3) is 11.6 Å². The topological polar surface area (TPSA) is 97.7 Å². The zero-order valence-electron chi connectivity index (χ0n) is 16.2. The van der Waals surface area contributed by atoms with Gasteiger partial charge in [0.05, 0.1) is 21.1 Å². The lowest BCUT2D eigenvalue weighted by atomic mass is 10.1. The van der Waals surface area contributed by atoms with Crippen molar-refractivity contribution in [3.05, 3.63) is 86.5 Å². The molecule has 1 saturated heterocycles. The molecule has 0 radical (unpaired) electrons. The molecular weight excluding hydrogens is 402 g/mol. The molecule has 4 rings (SSSR count). The van der Waals surface area contributed by atoms with Crippen molar-refractivity contribution in [3.63, 3.8) is 0 Å². The van der Waals surface area contributed by atoms with Gasteiger partial charge in [0.15, 0.2) is 5.17 Å². The Bertz CT molecular complexity index is 1210. The zero-order valence-corrected chi connectivity index (χ0v) is 17.0. The van der Waals surface area contributed by atoms with Gasteiger partial charge in [-0.25, -0.2) is 4.99 Å². The number of amidine groups is 1. The molecule has 2 heterocycles. The van der Waals surface area contributed by atoms with Gasteiger partial charge < -0.3 is 9.73 Å².